The lowest BCUT2D eigenvalue weighted by Crippen LogP contribution is -2.12. The fourth-order valence-corrected chi connectivity index (χ4v) is 2.02. The van der Waals surface area contributed by atoms with E-state index in [0.717, 1.165) is 12.0 Å². The number of rotatable bonds is 6. The van der Waals surface area contributed by atoms with Crippen molar-refractivity contribution in [2.24, 2.45) is 5.92 Å². The van der Waals surface area contributed by atoms with Gasteiger partial charge in [0, 0.05) is 10.9 Å². The number of nitrogens with zero attached hydrogens (tertiary/aromatic N) is 1. The van der Waals surface area contributed by atoms with Crippen LogP contribution < -0.4 is 4.74 Å². The van der Waals surface area contributed by atoms with Crippen molar-refractivity contribution in [2.45, 2.75) is 45.0 Å². The molecule has 4 nitrogen and oxygen atoms in total. The summed E-state index contributed by atoms with van der Waals surface area (Å²) in [6, 6.07) is 5.09. The normalized spacial score (nSPS) is 12.8. The van der Waals surface area contributed by atoms with Gasteiger partial charge in [-0.1, -0.05) is 35.8 Å². The summed E-state index contributed by atoms with van der Waals surface area (Å²) < 4.78 is 5.53. The van der Waals surface area contributed by atoms with Crippen LogP contribution in [0.5, 0.6) is 5.75 Å². The molecule has 0 heterocycles. The van der Waals surface area contributed by atoms with Crippen molar-refractivity contribution in [3.8, 4) is 5.75 Å². The molecule has 0 N–H and O–H groups in total. The number of alkyl halides is 1. The predicted molar refractivity (Wildman–Crippen MR) is 80.1 cm³/mol. The highest BCUT2D eigenvalue weighted by Crippen LogP contribution is 2.30. The molecule has 0 saturated carbocycles. The molecule has 0 fully saturated rings. The third-order valence-electron chi connectivity index (χ3n) is 2.74. The summed E-state index contributed by atoms with van der Waals surface area (Å²) in [6.07, 6.45) is 0.739. The standard InChI is InChI=1S/C14H20BrNO3/c1-9(2)12(15)7-11-5-6-13(16(17)18)14(8-11)19-10(3)4/h5-6,8-10,12H,7H2,1-4H3. The summed E-state index contributed by atoms with van der Waals surface area (Å²) in [4.78, 5) is 10.9. The van der Waals surface area contributed by atoms with Gasteiger partial charge < -0.3 is 4.74 Å². The van der Waals surface area contributed by atoms with E-state index in [4.69, 9.17) is 4.74 Å². The summed E-state index contributed by atoms with van der Waals surface area (Å²) in [5.74, 6) is 0.852. The van der Waals surface area contributed by atoms with Crippen molar-refractivity contribution < 1.29 is 9.66 Å². The molecule has 0 aliphatic carbocycles. The Balaban J connectivity index is 3.00. The highest BCUT2D eigenvalue weighted by molar-refractivity contribution is 9.09. The molecule has 1 rings (SSSR count). The Kier molecular flexibility index (Phi) is 5.79. The Morgan fingerprint density at radius 2 is 1.95 bits per heavy atom. The van der Waals surface area contributed by atoms with Crippen molar-refractivity contribution in [1.82, 2.24) is 0 Å². The molecule has 0 spiro atoms. The van der Waals surface area contributed by atoms with E-state index in [1.165, 1.54) is 6.07 Å². The van der Waals surface area contributed by atoms with Gasteiger partial charge in [0.2, 0.25) is 0 Å². The molecule has 0 amide bonds. The fraction of sp³-hybridized carbons (Fsp3) is 0.571. The molecule has 0 aliphatic rings. The van der Waals surface area contributed by atoms with Gasteiger partial charge in [-0.2, -0.15) is 0 Å². The number of ether oxygens (including phenoxy) is 1. The summed E-state index contributed by atoms with van der Waals surface area (Å²) in [5.41, 5.74) is 1.06. The van der Waals surface area contributed by atoms with E-state index in [-0.39, 0.29) is 11.8 Å². The predicted octanol–water partition coefficient (Wildman–Crippen LogP) is 4.34. The number of hydrogen-bond acceptors (Lipinski definition) is 3. The van der Waals surface area contributed by atoms with E-state index < -0.39 is 4.92 Å². The van der Waals surface area contributed by atoms with Crippen molar-refractivity contribution >= 4 is 21.6 Å². The molecule has 0 bridgehead atoms. The second-order valence-electron chi connectivity index (χ2n) is 5.19. The Morgan fingerprint density at radius 3 is 2.42 bits per heavy atom. The molecule has 19 heavy (non-hydrogen) atoms. The number of nitro groups is 1. The monoisotopic (exact) mass is 329 g/mol. The van der Waals surface area contributed by atoms with Crippen LogP contribution in [0.15, 0.2) is 18.2 Å². The lowest BCUT2D eigenvalue weighted by molar-refractivity contribution is -0.386. The molecule has 0 aliphatic heterocycles. The summed E-state index contributed by atoms with van der Waals surface area (Å²) in [5, 5.41) is 11.0. The van der Waals surface area contributed by atoms with E-state index in [1.54, 1.807) is 12.1 Å². The van der Waals surface area contributed by atoms with Crippen LogP contribution >= 0.6 is 15.9 Å². The first-order valence-corrected chi connectivity index (χ1v) is 7.31. The van der Waals surface area contributed by atoms with Crippen molar-refractivity contribution in [1.29, 1.82) is 0 Å². The van der Waals surface area contributed by atoms with E-state index in [1.807, 2.05) is 13.8 Å². The highest BCUT2D eigenvalue weighted by Gasteiger charge is 2.18. The fourth-order valence-electron chi connectivity index (χ4n) is 1.65. The number of hydrogen-bond donors (Lipinski definition) is 0. The minimum Gasteiger partial charge on any atom is -0.484 e. The first-order valence-electron chi connectivity index (χ1n) is 6.39. The maximum Gasteiger partial charge on any atom is 0.310 e. The topological polar surface area (TPSA) is 52.4 Å². The number of nitro benzene ring substituents is 1. The molecule has 1 aromatic carbocycles. The van der Waals surface area contributed by atoms with E-state index in [0.29, 0.717) is 16.5 Å². The largest absolute Gasteiger partial charge is 0.484 e. The van der Waals surface area contributed by atoms with Crippen LogP contribution in [0.1, 0.15) is 33.3 Å². The zero-order valence-corrected chi connectivity index (χ0v) is 13.3. The maximum absolute atomic E-state index is 11.0. The van der Waals surface area contributed by atoms with Crippen LogP contribution in [0.3, 0.4) is 0 Å². The lowest BCUT2D eigenvalue weighted by atomic mass is 10.0. The van der Waals surface area contributed by atoms with Gasteiger partial charge in [-0.05, 0) is 37.8 Å². The van der Waals surface area contributed by atoms with Gasteiger partial charge in [-0.25, -0.2) is 0 Å². The second kappa shape index (κ2) is 6.89. The third-order valence-corrected chi connectivity index (χ3v) is 4.12. The van der Waals surface area contributed by atoms with Gasteiger partial charge in [-0.3, -0.25) is 10.1 Å². The third kappa shape index (κ3) is 4.82. The minimum absolute atomic E-state index is 0.0214. The summed E-state index contributed by atoms with van der Waals surface area (Å²) >= 11 is 3.63. The smallest absolute Gasteiger partial charge is 0.310 e. The van der Waals surface area contributed by atoms with Crippen molar-refractivity contribution in [3.05, 3.63) is 33.9 Å². The van der Waals surface area contributed by atoms with E-state index in [2.05, 4.69) is 29.8 Å². The van der Waals surface area contributed by atoms with Crippen LogP contribution in [0, 0.1) is 16.0 Å². The number of halogens is 1. The molecular formula is C14H20BrNO3. The highest BCUT2D eigenvalue weighted by atomic mass is 79.9. The molecule has 1 atom stereocenters. The van der Waals surface area contributed by atoms with Crippen LogP contribution in [0.2, 0.25) is 0 Å². The summed E-state index contributed by atoms with van der Waals surface area (Å²) in [6.45, 7) is 7.99. The second-order valence-corrected chi connectivity index (χ2v) is 6.37. The first kappa shape index (κ1) is 16.0. The van der Waals surface area contributed by atoms with Crippen LogP contribution in [0.4, 0.5) is 5.69 Å². The lowest BCUT2D eigenvalue weighted by Gasteiger charge is -2.15. The molecule has 0 saturated heterocycles. The maximum atomic E-state index is 11.0. The van der Waals surface area contributed by atoms with Gasteiger partial charge in [0.25, 0.3) is 0 Å². The minimum atomic E-state index is -0.407. The Hall–Kier alpha value is -1.10. The molecule has 1 aromatic rings. The Bertz CT molecular complexity index is 446. The molecule has 0 aromatic heterocycles. The molecule has 1 unspecified atom stereocenters. The zero-order valence-electron chi connectivity index (χ0n) is 11.7. The van der Waals surface area contributed by atoms with Gasteiger partial charge >= 0.3 is 5.69 Å². The first-order chi connectivity index (χ1) is 8.81. The van der Waals surface area contributed by atoms with Crippen LogP contribution in [0.25, 0.3) is 0 Å². The Morgan fingerprint density at radius 1 is 1.32 bits per heavy atom. The van der Waals surface area contributed by atoms with Crippen molar-refractivity contribution in [2.75, 3.05) is 0 Å². The number of benzene rings is 1. The summed E-state index contributed by atoms with van der Waals surface area (Å²) in [7, 11) is 0. The van der Waals surface area contributed by atoms with Gasteiger partial charge in [0.1, 0.15) is 0 Å². The molecular weight excluding hydrogens is 310 g/mol. The van der Waals surface area contributed by atoms with E-state index in [9.17, 15) is 10.1 Å². The molecule has 5 heteroatoms. The SMILES string of the molecule is CC(C)Oc1cc(CC(Br)C(C)C)ccc1[N+](=O)[O-]. The average molecular weight is 330 g/mol. The zero-order chi connectivity index (χ0) is 14.6. The van der Waals surface area contributed by atoms with Crippen LogP contribution in [-0.2, 0) is 6.42 Å². The van der Waals surface area contributed by atoms with Gasteiger partial charge in [0.15, 0.2) is 5.75 Å². The van der Waals surface area contributed by atoms with E-state index >= 15 is 0 Å². The van der Waals surface area contributed by atoms with Crippen molar-refractivity contribution in [3.63, 3.8) is 0 Å². The van der Waals surface area contributed by atoms with Gasteiger partial charge in [-0.15, -0.1) is 0 Å². The van der Waals surface area contributed by atoms with Crippen LogP contribution in [-0.4, -0.2) is 15.9 Å². The molecule has 106 valence electrons. The Labute approximate surface area is 122 Å². The van der Waals surface area contributed by atoms with Gasteiger partial charge in [0.05, 0.1) is 11.0 Å². The average Bonchev–Trinajstić information content (AvgIpc) is 2.27. The quantitative estimate of drug-likeness (QED) is 0.443. The molecule has 0 radical (unpaired) electrons.